The molecule has 2 saturated heterocycles. The highest BCUT2D eigenvalue weighted by molar-refractivity contribution is 6.02. The molecule has 0 radical (unpaired) electrons. The van der Waals surface area contributed by atoms with Gasteiger partial charge in [0, 0.05) is 29.9 Å². The minimum Gasteiger partial charge on any atom is -0.496 e. The van der Waals surface area contributed by atoms with E-state index < -0.39 is 48.2 Å². The van der Waals surface area contributed by atoms with Crippen LogP contribution in [0, 0.1) is 23.7 Å². The third-order valence-corrected chi connectivity index (χ3v) is 8.71. The first-order chi connectivity index (χ1) is 19.7. The molecule has 1 saturated carbocycles. The fraction of sp³-hybridized carbons (Fsp3) is 0.567. The average Bonchev–Trinajstić information content (AvgIpc) is 3.74. The predicted molar refractivity (Wildman–Crippen MR) is 149 cm³/mol. The lowest BCUT2D eigenvalue weighted by molar-refractivity contribution is -0.151. The minimum atomic E-state index is -1.02. The van der Waals surface area contributed by atoms with E-state index in [9.17, 15) is 24.0 Å². The molecular weight excluding hydrogens is 528 g/mol. The van der Waals surface area contributed by atoms with Crippen molar-refractivity contribution in [3.63, 3.8) is 0 Å². The second kappa shape index (κ2) is 11.9. The number of H-pyrrole nitrogens is 1. The Bertz CT molecular complexity index is 1350. The second-order valence-electron chi connectivity index (χ2n) is 11.7. The van der Waals surface area contributed by atoms with E-state index in [2.05, 4.69) is 15.6 Å². The van der Waals surface area contributed by atoms with Gasteiger partial charge in [0.25, 0.3) is 5.91 Å². The maximum absolute atomic E-state index is 13.9. The van der Waals surface area contributed by atoms with Crippen molar-refractivity contribution in [3.05, 3.63) is 30.0 Å². The van der Waals surface area contributed by atoms with Crippen LogP contribution in [0.15, 0.2) is 24.3 Å². The van der Waals surface area contributed by atoms with Crippen molar-refractivity contribution in [2.45, 2.75) is 58.0 Å². The molecule has 5 rings (SSSR count). The molecule has 0 spiro atoms. The van der Waals surface area contributed by atoms with Gasteiger partial charge in [-0.25, -0.2) is 0 Å². The highest BCUT2D eigenvalue weighted by Crippen LogP contribution is 2.43. The maximum Gasteiger partial charge on any atom is 0.308 e. The molecule has 3 amide bonds. The van der Waals surface area contributed by atoms with E-state index in [4.69, 9.17) is 9.47 Å². The zero-order valence-corrected chi connectivity index (χ0v) is 23.7. The third kappa shape index (κ3) is 5.80. The van der Waals surface area contributed by atoms with E-state index in [1.807, 2.05) is 18.2 Å². The molecule has 1 aliphatic carbocycles. The first-order valence-corrected chi connectivity index (χ1v) is 14.4. The van der Waals surface area contributed by atoms with E-state index >= 15 is 0 Å². The number of Topliss-reactive ketones (excluding diaryl/α,β-unsaturated/α-hetero) is 1. The molecule has 3 fully saturated rings. The molecule has 1 aromatic heterocycles. The van der Waals surface area contributed by atoms with Crippen LogP contribution >= 0.6 is 0 Å². The Morgan fingerprint density at radius 2 is 1.95 bits per heavy atom. The van der Waals surface area contributed by atoms with Crippen molar-refractivity contribution in [2.24, 2.45) is 23.7 Å². The van der Waals surface area contributed by atoms with Gasteiger partial charge < -0.3 is 30.0 Å². The molecule has 3 N–H and O–H groups in total. The van der Waals surface area contributed by atoms with E-state index in [-0.39, 0.29) is 30.1 Å². The largest absolute Gasteiger partial charge is 0.496 e. The molecule has 5 unspecified atom stereocenters. The number of hydrogen-bond donors (Lipinski definition) is 3. The zero-order chi connectivity index (χ0) is 29.3. The van der Waals surface area contributed by atoms with Gasteiger partial charge in [-0.2, -0.15) is 0 Å². The van der Waals surface area contributed by atoms with Gasteiger partial charge in [-0.15, -0.1) is 0 Å². The summed E-state index contributed by atoms with van der Waals surface area (Å²) in [5.74, 6) is -1.91. The number of hydrogen-bond acceptors (Lipinski definition) is 7. The molecule has 5 atom stereocenters. The second-order valence-corrected chi connectivity index (χ2v) is 11.7. The average molecular weight is 567 g/mol. The summed E-state index contributed by atoms with van der Waals surface area (Å²) in [6.45, 7) is 3.80. The van der Waals surface area contributed by atoms with Crippen LogP contribution in [-0.2, 0) is 23.9 Å². The number of aromatic amines is 1. The van der Waals surface area contributed by atoms with Gasteiger partial charge in [0.05, 0.1) is 19.1 Å². The zero-order valence-electron chi connectivity index (χ0n) is 23.7. The number of nitrogens with one attached hydrogen (secondary N) is 3. The number of methoxy groups -OCH3 is 1. The first kappa shape index (κ1) is 28.6. The van der Waals surface area contributed by atoms with Crippen molar-refractivity contribution in [1.29, 1.82) is 0 Å². The van der Waals surface area contributed by atoms with Crippen molar-refractivity contribution in [2.75, 3.05) is 26.8 Å². The highest BCUT2D eigenvalue weighted by Gasteiger charge is 2.50. The van der Waals surface area contributed by atoms with Gasteiger partial charge in [0.15, 0.2) is 12.4 Å². The Kier molecular flexibility index (Phi) is 8.32. The van der Waals surface area contributed by atoms with Gasteiger partial charge in [-0.3, -0.25) is 24.0 Å². The number of benzene rings is 1. The number of esters is 1. The number of nitrogens with zero attached hydrogens (tertiary/aromatic N) is 1. The monoisotopic (exact) mass is 566 g/mol. The lowest BCUT2D eigenvalue weighted by Gasteiger charge is -2.29. The standard InChI is InChI=1S/C30H38N4O7/c1-16(2)30(39)41-15-24(35)22(12-17-10-11-31-27(17)36)33-28(37)26-19-7-4-6-18(19)14-34(26)29(38)23-13-20-21(32-23)8-5-9-25(20)40-3/h5,8-9,13,16-19,22,26,32H,4,6-7,10-12,14-15H2,1-3H3,(H,31,36)(H,33,37). The van der Waals surface area contributed by atoms with Crippen LogP contribution in [0.2, 0.25) is 0 Å². The van der Waals surface area contributed by atoms with Crippen LogP contribution in [-0.4, -0.2) is 78.2 Å². The Morgan fingerprint density at radius 1 is 1.15 bits per heavy atom. The highest BCUT2D eigenvalue weighted by atomic mass is 16.5. The van der Waals surface area contributed by atoms with E-state index in [1.165, 1.54) is 0 Å². The van der Waals surface area contributed by atoms with Crippen LogP contribution in [0.5, 0.6) is 5.75 Å². The maximum atomic E-state index is 13.9. The number of fused-ring (bicyclic) bond motifs is 2. The Balaban J connectivity index is 1.37. The molecule has 11 heteroatoms. The summed E-state index contributed by atoms with van der Waals surface area (Å²) in [5.41, 5.74) is 1.11. The predicted octanol–water partition coefficient (Wildman–Crippen LogP) is 2.20. The molecular formula is C30H38N4O7. The number of rotatable bonds is 10. The van der Waals surface area contributed by atoms with E-state index in [0.717, 1.165) is 30.2 Å². The van der Waals surface area contributed by atoms with E-state index in [0.29, 0.717) is 31.0 Å². The molecule has 220 valence electrons. The molecule has 0 bridgehead atoms. The SMILES string of the molecule is COc1cccc2[nH]c(C(=O)N3CC4CCCC4C3C(=O)NC(CC3CCNC3=O)C(=O)COC(=O)C(C)C)cc12. The molecule has 2 aromatic rings. The summed E-state index contributed by atoms with van der Waals surface area (Å²) in [7, 11) is 1.57. The van der Waals surface area contributed by atoms with Crippen molar-refractivity contribution in [3.8, 4) is 5.75 Å². The summed E-state index contributed by atoms with van der Waals surface area (Å²) < 4.78 is 10.6. The number of aromatic nitrogens is 1. The van der Waals surface area contributed by atoms with Gasteiger partial charge in [-0.1, -0.05) is 26.3 Å². The fourth-order valence-electron chi connectivity index (χ4n) is 6.52. The number of likely N-dealkylation sites (tertiary alicyclic amines) is 1. The lowest BCUT2D eigenvalue weighted by atomic mass is 9.92. The summed E-state index contributed by atoms with van der Waals surface area (Å²) in [6.07, 6.45) is 3.36. The number of ketones is 1. The fourth-order valence-corrected chi connectivity index (χ4v) is 6.52. The van der Waals surface area contributed by atoms with Gasteiger partial charge in [0.2, 0.25) is 11.8 Å². The van der Waals surface area contributed by atoms with Crippen molar-refractivity contribution < 1.29 is 33.4 Å². The van der Waals surface area contributed by atoms with Crippen LogP contribution in [0.1, 0.15) is 56.4 Å². The molecule has 41 heavy (non-hydrogen) atoms. The number of amides is 3. The number of carbonyl (C=O) groups is 5. The van der Waals surface area contributed by atoms with E-state index in [1.54, 1.807) is 31.9 Å². The molecule has 3 aliphatic rings. The number of carbonyl (C=O) groups excluding carboxylic acids is 5. The van der Waals surface area contributed by atoms with Gasteiger partial charge in [-0.05, 0) is 55.7 Å². The summed E-state index contributed by atoms with van der Waals surface area (Å²) in [4.78, 5) is 70.1. The number of ether oxygens (including phenoxy) is 2. The Labute approximate surface area is 238 Å². The smallest absolute Gasteiger partial charge is 0.308 e. The topological polar surface area (TPSA) is 147 Å². The Hall–Kier alpha value is -3.89. The third-order valence-electron chi connectivity index (χ3n) is 8.71. The van der Waals surface area contributed by atoms with Crippen LogP contribution in [0.3, 0.4) is 0 Å². The molecule has 2 aliphatic heterocycles. The molecule has 1 aromatic carbocycles. The lowest BCUT2D eigenvalue weighted by Crippen LogP contribution is -2.54. The quantitative estimate of drug-likeness (QED) is 0.374. The molecule has 3 heterocycles. The van der Waals surface area contributed by atoms with Crippen LogP contribution < -0.4 is 15.4 Å². The van der Waals surface area contributed by atoms with Crippen molar-refractivity contribution >= 4 is 40.4 Å². The van der Waals surface area contributed by atoms with Crippen molar-refractivity contribution in [1.82, 2.24) is 20.5 Å². The Morgan fingerprint density at radius 3 is 2.66 bits per heavy atom. The van der Waals surface area contributed by atoms with Crippen LogP contribution in [0.25, 0.3) is 10.9 Å². The van der Waals surface area contributed by atoms with Gasteiger partial charge in [0.1, 0.15) is 17.5 Å². The summed E-state index contributed by atoms with van der Waals surface area (Å²) in [5, 5.41) is 6.41. The van der Waals surface area contributed by atoms with Crippen LogP contribution in [0.4, 0.5) is 0 Å². The summed E-state index contributed by atoms with van der Waals surface area (Å²) in [6, 6.07) is 5.48. The molecule has 11 nitrogen and oxygen atoms in total. The minimum absolute atomic E-state index is 0.0258. The normalized spacial score (nSPS) is 24.3. The first-order valence-electron chi connectivity index (χ1n) is 14.4. The van der Waals surface area contributed by atoms with Gasteiger partial charge >= 0.3 is 5.97 Å². The summed E-state index contributed by atoms with van der Waals surface area (Å²) >= 11 is 0.